The molecule has 1 aliphatic heterocycles. The number of amides is 1. The van der Waals surface area contributed by atoms with Crippen LogP contribution in [0, 0.1) is 11.3 Å². The number of nitrogens with zero attached hydrogens (tertiary/aromatic N) is 3. The van der Waals surface area contributed by atoms with Crippen LogP contribution in [0.3, 0.4) is 0 Å². The molecule has 22 heavy (non-hydrogen) atoms. The number of aryl methyl sites for hydroxylation is 1. The van der Waals surface area contributed by atoms with Crippen LogP contribution in [-0.2, 0) is 6.42 Å². The average molecular weight is 312 g/mol. The molecule has 4 nitrogen and oxygen atoms in total. The van der Waals surface area contributed by atoms with Gasteiger partial charge in [0.15, 0.2) is 0 Å². The molecule has 0 N–H and O–H groups in total. The van der Waals surface area contributed by atoms with Crippen molar-refractivity contribution in [1.82, 2.24) is 4.98 Å². The molecule has 2 heterocycles. The SMILES string of the molecule is N#Cc1cc(C(=O)N2CCCCc3ccc(Cl)cc32)ccn1. The normalized spacial score (nSPS) is 13.9. The molecule has 1 aromatic carbocycles. The largest absolute Gasteiger partial charge is 0.308 e. The lowest BCUT2D eigenvalue weighted by Crippen LogP contribution is -2.31. The van der Waals surface area contributed by atoms with Gasteiger partial charge in [-0.3, -0.25) is 4.79 Å². The van der Waals surface area contributed by atoms with Gasteiger partial charge >= 0.3 is 0 Å². The van der Waals surface area contributed by atoms with Gasteiger partial charge in [-0.05, 0) is 49.1 Å². The van der Waals surface area contributed by atoms with Crippen LogP contribution in [0.5, 0.6) is 0 Å². The van der Waals surface area contributed by atoms with Gasteiger partial charge in [-0.2, -0.15) is 5.26 Å². The van der Waals surface area contributed by atoms with Crippen LogP contribution in [0.1, 0.15) is 34.5 Å². The summed E-state index contributed by atoms with van der Waals surface area (Å²) in [5, 5.41) is 9.56. The summed E-state index contributed by atoms with van der Waals surface area (Å²) in [5.41, 5.74) is 2.71. The summed E-state index contributed by atoms with van der Waals surface area (Å²) in [7, 11) is 0. The van der Waals surface area contributed by atoms with Crippen molar-refractivity contribution < 1.29 is 4.79 Å². The third-order valence-electron chi connectivity index (χ3n) is 3.78. The summed E-state index contributed by atoms with van der Waals surface area (Å²) in [6, 6.07) is 10.8. The van der Waals surface area contributed by atoms with E-state index in [-0.39, 0.29) is 11.6 Å². The Morgan fingerprint density at radius 3 is 2.95 bits per heavy atom. The first kappa shape index (κ1) is 14.6. The second-order valence-electron chi connectivity index (χ2n) is 5.23. The molecule has 0 aliphatic carbocycles. The van der Waals surface area contributed by atoms with E-state index in [1.54, 1.807) is 11.0 Å². The van der Waals surface area contributed by atoms with Crippen molar-refractivity contribution in [1.29, 1.82) is 5.26 Å². The Balaban J connectivity index is 2.02. The molecule has 0 radical (unpaired) electrons. The summed E-state index contributed by atoms with van der Waals surface area (Å²) in [4.78, 5) is 18.5. The number of fused-ring (bicyclic) bond motifs is 1. The Morgan fingerprint density at radius 1 is 1.27 bits per heavy atom. The van der Waals surface area contributed by atoms with Gasteiger partial charge in [-0.25, -0.2) is 4.98 Å². The van der Waals surface area contributed by atoms with Gasteiger partial charge in [0.1, 0.15) is 11.8 Å². The van der Waals surface area contributed by atoms with Gasteiger partial charge in [0, 0.05) is 29.0 Å². The van der Waals surface area contributed by atoms with E-state index in [4.69, 9.17) is 16.9 Å². The van der Waals surface area contributed by atoms with Crippen LogP contribution in [0.25, 0.3) is 0 Å². The molecule has 3 rings (SSSR count). The highest BCUT2D eigenvalue weighted by Gasteiger charge is 2.23. The summed E-state index contributed by atoms with van der Waals surface area (Å²) < 4.78 is 0. The molecular weight excluding hydrogens is 298 g/mol. The fraction of sp³-hybridized carbons (Fsp3) is 0.235. The van der Waals surface area contributed by atoms with Crippen LogP contribution < -0.4 is 4.90 Å². The molecule has 5 heteroatoms. The first-order valence-corrected chi connectivity index (χ1v) is 7.53. The summed E-state index contributed by atoms with van der Waals surface area (Å²) in [5.74, 6) is -0.121. The van der Waals surface area contributed by atoms with Crippen LogP contribution in [0.15, 0.2) is 36.5 Å². The van der Waals surface area contributed by atoms with E-state index in [1.807, 2.05) is 24.3 Å². The smallest absolute Gasteiger partial charge is 0.258 e. The predicted octanol–water partition coefficient (Wildman–Crippen LogP) is 3.59. The monoisotopic (exact) mass is 311 g/mol. The van der Waals surface area contributed by atoms with Gasteiger partial charge in [0.05, 0.1) is 0 Å². The van der Waals surface area contributed by atoms with E-state index in [0.29, 0.717) is 17.1 Å². The number of hydrogen-bond acceptors (Lipinski definition) is 3. The molecule has 0 fully saturated rings. The zero-order valence-electron chi connectivity index (χ0n) is 11.9. The number of rotatable bonds is 1. The maximum absolute atomic E-state index is 12.8. The molecule has 1 amide bonds. The van der Waals surface area contributed by atoms with E-state index >= 15 is 0 Å². The Kier molecular flexibility index (Phi) is 4.08. The number of hydrogen-bond donors (Lipinski definition) is 0. The standard InChI is InChI=1S/C17H14ClN3O/c18-14-5-4-12-3-1-2-8-21(16(12)10-14)17(22)13-6-7-20-15(9-13)11-19/h4-7,9-10H,1-3,8H2. The first-order chi connectivity index (χ1) is 10.7. The van der Waals surface area contributed by atoms with Crippen LogP contribution in [-0.4, -0.2) is 17.4 Å². The second kappa shape index (κ2) is 6.17. The second-order valence-corrected chi connectivity index (χ2v) is 5.66. The molecule has 1 aliphatic rings. The zero-order valence-corrected chi connectivity index (χ0v) is 12.7. The lowest BCUT2D eigenvalue weighted by molar-refractivity contribution is 0.0987. The Bertz CT molecular complexity index is 767. The van der Waals surface area contributed by atoms with Crippen molar-refractivity contribution in [2.45, 2.75) is 19.3 Å². The van der Waals surface area contributed by atoms with Crippen LogP contribution in [0.4, 0.5) is 5.69 Å². The minimum absolute atomic E-state index is 0.121. The third kappa shape index (κ3) is 2.81. The van der Waals surface area contributed by atoms with Gasteiger partial charge in [-0.15, -0.1) is 0 Å². The molecule has 0 saturated heterocycles. The molecule has 0 saturated carbocycles. The van der Waals surface area contributed by atoms with Crippen LogP contribution in [0.2, 0.25) is 5.02 Å². The fourth-order valence-electron chi connectivity index (χ4n) is 2.70. The van der Waals surface area contributed by atoms with Crippen molar-refractivity contribution in [2.75, 3.05) is 11.4 Å². The zero-order chi connectivity index (χ0) is 15.5. The predicted molar refractivity (Wildman–Crippen MR) is 85.0 cm³/mol. The van der Waals surface area contributed by atoms with Gasteiger partial charge in [0.25, 0.3) is 5.91 Å². The lowest BCUT2D eigenvalue weighted by Gasteiger charge is -2.23. The fourth-order valence-corrected chi connectivity index (χ4v) is 2.86. The van der Waals surface area contributed by atoms with Crippen molar-refractivity contribution in [3.8, 4) is 6.07 Å². The molecule has 1 aromatic heterocycles. The Hall–Kier alpha value is -2.38. The maximum Gasteiger partial charge on any atom is 0.258 e. The molecule has 110 valence electrons. The quantitative estimate of drug-likeness (QED) is 0.808. The highest BCUT2D eigenvalue weighted by Crippen LogP contribution is 2.30. The van der Waals surface area contributed by atoms with E-state index in [0.717, 1.165) is 30.5 Å². The number of pyridine rings is 1. The Labute approximate surface area is 134 Å². The highest BCUT2D eigenvalue weighted by molar-refractivity contribution is 6.31. The number of halogens is 1. The maximum atomic E-state index is 12.8. The van der Waals surface area contributed by atoms with E-state index < -0.39 is 0 Å². The third-order valence-corrected chi connectivity index (χ3v) is 4.02. The minimum atomic E-state index is -0.121. The van der Waals surface area contributed by atoms with Crippen molar-refractivity contribution in [3.63, 3.8) is 0 Å². The number of carbonyl (C=O) groups excluding carboxylic acids is 1. The van der Waals surface area contributed by atoms with Crippen molar-refractivity contribution in [3.05, 3.63) is 58.4 Å². The van der Waals surface area contributed by atoms with Crippen LogP contribution >= 0.6 is 11.6 Å². The molecule has 0 spiro atoms. The van der Waals surface area contributed by atoms with Gasteiger partial charge in [-0.1, -0.05) is 17.7 Å². The molecule has 0 atom stereocenters. The Morgan fingerprint density at radius 2 is 2.14 bits per heavy atom. The van der Waals surface area contributed by atoms with E-state index in [2.05, 4.69) is 4.98 Å². The lowest BCUT2D eigenvalue weighted by atomic mass is 10.1. The molecular formula is C17H14ClN3O. The van der Waals surface area contributed by atoms with Crippen molar-refractivity contribution in [2.24, 2.45) is 0 Å². The number of anilines is 1. The topological polar surface area (TPSA) is 57.0 Å². The van der Waals surface area contributed by atoms with Gasteiger partial charge < -0.3 is 4.90 Å². The number of carbonyl (C=O) groups is 1. The molecule has 0 unspecified atom stereocenters. The molecule has 2 aromatic rings. The average Bonchev–Trinajstić information content (AvgIpc) is 2.76. The first-order valence-electron chi connectivity index (χ1n) is 7.15. The summed E-state index contributed by atoms with van der Waals surface area (Å²) >= 11 is 6.10. The summed E-state index contributed by atoms with van der Waals surface area (Å²) in [6.45, 7) is 0.649. The van der Waals surface area contributed by atoms with Gasteiger partial charge in [0.2, 0.25) is 0 Å². The number of aromatic nitrogens is 1. The minimum Gasteiger partial charge on any atom is -0.308 e. The van der Waals surface area contributed by atoms with Crippen molar-refractivity contribution >= 4 is 23.2 Å². The number of nitriles is 1. The summed E-state index contributed by atoms with van der Waals surface area (Å²) in [6.07, 6.45) is 4.41. The van der Waals surface area contributed by atoms with E-state index in [9.17, 15) is 4.79 Å². The highest BCUT2D eigenvalue weighted by atomic mass is 35.5. The number of benzene rings is 1. The van der Waals surface area contributed by atoms with E-state index in [1.165, 1.54) is 12.3 Å². The molecule has 0 bridgehead atoms.